The van der Waals surface area contributed by atoms with E-state index in [1.54, 1.807) is 0 Å². The van der Waals surface area contributed by atoms with E-state index in [4.69, 9.17) is 11.6 Å². The van der Waals surface area contributed by atoms with Gasteiger partial charge in [-0.1, -0.05) is 54.1 Å². The predicted molar refractivity (Wildman–Crippen MR) is 105 cm³/mol. The van der Waals surface area contributed by atoms with E-state index in [0.29, 0.717) is 11.1 Å². The zero-order chi connectivity index (χ0) is 17.9. The number of likely N-dealkylation sites (tertiary alicyclic amines) is 1. The lowest BCUT2D eigenvalue weighted by Crippen LogP contribution is -2.53. The molecule has 2 heterocycles. The number of fused-ring (bicyclic) bond motifs is 1. The molecule has 2 aromatic carbocycles. The normalized spacial score (nSPS) is 21.8. The monoisotopic (exact) mass is 369 g/mol. The number of benzene rings is 2. The average molecular weight is 370 g/mol. The molecule has 5 heteroatoms. The Hall–Kier alpha value is -1.88. The van der Waals surface area contributed by atoms with Crippen LogP contribution in [0.25, 0.3) is 0 Å². The fraction of sp³-hybridized carbons (Fsp3) is 0.381. The third-order valence-corrected chi connectivity index (χ3v) is 5.82. The van der Waals surface area contributed by atoms with Gasteiger partial charge in [0.1, 0.15) is 6.17 Å². The van der Waals surface area contributed by atoms with Gasteiger partial charge in [-0.3, -0.25) is 14.6 Å². The molecule has 0 saturated carbocycles. The number of hydrogen-bond acceptors (Lipinski definition) is 4. The van der Waals surface area contributed by atoms with Gasteiger partial charge < -0.3 is 5.32 Å². The van der Waals surface area contributed by atoms with Gasteiger partial charge >= 0.3 is 0 Å². The molecule has 1 unspecified atom stereocenters. The summed E-state index contributed by atoms with van der Waals surface area (Å²) in [6, 6.07) is 17.0. The maximum Gasteiger partial charge on any atom is 0.157 e. The molecule has 1 saturated heterocycles. The van der Waals surface area contributed by atoms with Crippen molar-refractivity contribution in [3.05, 3.63) is 64.7 Å². The van der Waals surface area contributed by atoms with E-state index in [9.17, 15) is 4.79 Å². The van der Waals surface area contributed by atoms with E-state index in [0.717, 1.165) is 51.0 Å². The Labute approximate surface area is 159 Å². The van der Waals surface area contributed by atoms with Crippen molar-refractivity contribution in [2.75, 3.05) is 18.4 Å². The smallest absolute Gasteiger partial charge is 0.157 e. The predicted octanol–water partition coefficient (Wildman–Crippen LogP) is 3.76. The van der Waals surface area contributed by atoms with Crippen LogP contribution in [0.3, 0.4) is 0 Å². The van der Waals surface area contributed by atoms with Crippen molar-refractivity contribution in [1.29, 1.82) is 0 Å². The number of carbonyl (C=O) groups excluding carboxylic acids is 1. The molecule has 1 N–H and O–H groups in total. The average Bonchev–Trinajstić information content (AvgIpc) is 2.69. The standard InChI is InChI=1S/C21H24ClN3O/c22-19-8-4-7-17-14-25(20(15-26)23-21(17)19)18-9-11-24(12-10-18)13-16-5-2-1-3-6-16/h1-8,15,18,20,23H,9-14H2. The molecule has 2 aliphatic rings. The maximum atomic E-state index is 11.7. The van der Waals surface area contributed by atoms with Crippen LogP contribution in [0.15, 0.2) is 48.5 Å². The fourth-order valence-electron chi connectivity index (χ4n) is 4.11. The first-order valence-corrected chi connectivity index (χ1v) is 9.63. The van der Waals surface area contributed by atoms with Crippen molar-refractivity contribution in [1.82, 2.24) is 9.80 Å². The summed E-state index contributed by atoms with van der Waals surface area (Å²) in [7, 11) is 0. The van der Waals surface area contributed by atoms with Gasteiger partial charge in [0.2, 0.25) is 0 Å². The quantitative estimate of drug-likeness (QED) is 0.832. The lowest BCUT2D eigenvalue weighted by Gasteiger charge is -2.44. The van der Waals surface area contributed by atoms with Gasteiger partial charge in [-0.2, -0.15) is 0 Å². The van der Waals surface area contributed by atoms with E-state index in [1.807, 2.05) is 12.1 Å². The largest absolute Gasteiger partial charge is 0.362 e. The van der Waals surface area contributed by atoms with Gasteiger partial charge in [-0.15, -0.1) is 0 Å². The van der Waals surface area contributed by atoms with E-state index < -0.39 is 0 Å². The van der Waals surface area contributed by atoms with Crippen LogP contribution < -0.4 is 5.32 Å². The first kappa shape index (κ1) is 17.5. The van der Waals surface area contributed by atoms with Crippen molar-refractivity contribution in [3.8, 4) is 0 Å². The first-order valence-electron chi connectivity index (χ1n) is 9.26. The second kappa shape index (κ2) is 7.78. The summed E-state index contributed by atoms with van der Waals surface area (Å²) in [5.41, 5.74) is 3.44. The highest BCUT2D eigenvalue weighted by Gasteiger charge is 2.33. The van der Waals surface area contributed by atoms with Gasteiger partial charge in [0.25, 0.3) is 0 Å². The van der Waals surface area contributed by atoms with Crippen molar-refractivity contribution in [3.63, 3.8) is 0 Å². The highest BCUT2D eigenvalue weighted by atomic mass is 35.5. The van der Waals surface area contributed by atoms with E-state index >= 15 is 0 Å². The number of hydrogen-bond donors (Lipinski definition) is 1. The molecular weight excluding hydrogens is 346 g/mol. The van der Waals surface area contributed by atoms with Crippen LogP contribution >= 0.6 is 11.6 Å². The molecule has 0 amide bonds. The zero-order valence-corrected chi connectivity index (χ0v) is 15.5. The molecule has 1 atom stereocenters. The molecule has 0 aromatic heterocycles. The Morgan fingerprint density at radius 3 is 2.58 bits per heavy atom. The molecule has 1 fully saturated rings. The van der Waals surface area contributed by atoms with Crippen LogP contribution in [0, 0.1) is 0 Å². The minimum Gasteiger partial charge on any atom is -0.362 e. The van der Waals surface area contributed by atoms with Crippen molar-refractivity contribution < 1.29 is 4.79 Å². The number of carbonyl (C=O) groups is 1. The second-order valence-electron chi connectivity index (χ2n) is 7.16. The topological polar surface area (TPSA) is 35.6 Å². The molecule has 0 aliphatic carbocycles. The Morgan fingerprint density at radius 1 is 1.08 bits per heavy atom. The Balaban J connectivity index is 1.41. The summed E-state index contributed by atoms with van der Waals surface area (Å²) in [4.78, 5) is 16.5. The van der Waals surface area contributed by atoms with Crippen molar-refractivity contribution in [2.24, 2.45) is 0 Å². The van der Waals surface area contributed by atoms with Crippen LogP contribution in [-0.4, -0.2) is 41.4 Å². The fourth-order valence-corrected chi connectivity index (χ4v) is 4.36. The van der Waals surface area contributed by atoms with Gasteiger partial charge in [0.05, 0.1) is 10.7 Å². The second-order valence-corrected chi connectivity index (χ2v) is 7.57. The Morgan fingerprint density at radius 2 is 1.85 bits per heavy atom. The van der Waals surface area contributed by atoms with Crippen molar-refractivity contribution >= 4 is 23.6 Å². The maximum absolute atomic E-state index is 11.7. The summed E-state index contributed by atoms with van der Waals surface area (Å²) in [5.74, 6) is 0. The minimum atomic E-state index is -0.298. The number of halogens is 1. The minimum absolute atomic E-state index is 0.298. The number of nitrogens with one attached hydrogen (secondary N) is 1. The zero-order valence-electron chi connectivity index (χ0n) is 14.8. The van der Waals surface area contributed by atoms with Gasteiger partial charge in [0, 0.05) is 19.1 Å². The van der Waals surface area contributed by atoms with E-state index in [1.165, 1.54) is 11.1 Å². The summed E-state index contributed by atoms with van der Waals surface area (Å²) in [6.45, 7) is 3.89. The lowest BCUT2D eigenvalue weighted by atomic mass is 9.99. The van der Waals surface area contributed by atoms with Crippen LogP contribution in [0.1, 0.15) is 24.0 Å². The summed E-state index contributed by atoms with van der Waals surface area (Å²) >= 11 is 6.29. The Kier molecular flexibility index (Phi) is 5.25. The number of anilines is 1. The van der Waals surface area contributed by atoms with E-state index in [2.05, 4.69) is 51.5 Å². The van der Waals surface area contributed by atoms with Crippen molar-refractivity contribution in [2.45, 2.75) is 38.1 Å². The van der Waals surface area contributed by atoms with Crippen LogP contribution in [0.4, 0.5) is 5.69 Å². The number of rotatable bonds is 4. The lowest BCUT2D eigenvalue weighted by molar-refractivity contribution is -0.113. The summed E-state index contributed by atoms with van der Waals surface area (Å²) in [5, 5.41) is 4.01. The first-order chi connectivity index (χ1) is 12.7. The van der Waals surface area contributed by atoms with Gasteiger partial charge in [-0.25, -0.2) is 0 Å². The van der Waals surface area contributed by atoms with Crippen LogP contribution in [-0.2, 0) is 17.9 Å². The molecule has 4 rings (SSSR count). The molecule has 4 nitrogen and oxygen atoms in total. The molecule has 0 radical (unpaired) electrons. The SMILES string of the molecule is O=CC1Nc2c(Cl)cccc2CN1C1CCN(Cc2ccccc2)CC1. The van der Waals surface area contributed by atoms with Crippen LogP contribution in [0.5, 0.6) is 0 Å². The number of piperidine rings is 1. The summed E-state index contributed by atoms with van der Waals surface area (Å²) in [6.07, 6.45) is 2.86. The third kappa shape index (κ3) is 3.63. The molecular formula is C21H24ClN3O. The summed E-state index contributed by atoms with van der Waals surface area (Å²) < 4.78 is 0. The van der Waals surface area contributed by atoms with Crippen LogP contribution in [0.2, 0.25) is 5.02 Å². The highest BCUT2D eigenvalue weighted by Crippen LogP contribution is 2.34. The number of para-hydroxylation sites is 1. The highest BCUT2D eigenvalue weighted by molar-refractivity contribution is 6.33. The van der Waals surface area contributed by atoms with E-state index in [-0.39, 0.29) is 6.17 Å². The molecule has 2 aliphatic heterocycles. The number of nitrogens with zero attached hydrogens (tertiary/aromatic N) is 2. The van der Waals surface area contributed by atoms with Gasteiger partial charge in [-0.05, 0) is 43.1 Å². The molecule has 0 bridgehead atoms. The molecule has 2 aromatic rings. The Bertz CT molecular complexity index is 759. The molecule has 26 heavy (non-hydrogen) atoms. The molecule has 0 spiro atoms. The third-order valence-electron chi connectivity index (χ3n) is 5.51. The number of aldehydes is 1. The molecule has 136 valence electrons. The van der Waals surface area contributed by atoms with Gasteiger partial charge in [0.15, 0.2) is 6.29 Å².